The van der Waals surface area contributed by atoms with Gasteiger partial charge in [0.2, 0.25) is 11.8 Å². The maximum atomic E-state index is 12.8. The predicted octanol–water partition coefficient (Wildman–Crippen LogP) is 1.75. The van der Waals surface area contributed by atoms with E-state index in [-0.39, 0.29) is 5.91 Å². The van der Waals surface area contributed by atoms with Crippen molar-refractivity contribution in [1.82, 2.24) is 25.0 Å². The van der Waals surface area contributed by atoms with E-state index >= 15 is 0 Å². The molecule has 0 saturated heterocycles. The summed E-state index contributed by atoms with van der Waals surface area (Å²) in [5.41, 5.74) is 1.99. The van der Waals surface area contributed by atoms with Crippen LogP contribution in [0.2, 0.25) is 0 Å². The molecule has 8 heteroatoms. The molecule has 27 heavy (non-hydrogen) atoms. The highest BCUT2D eigenvalue weighted by Gasteiger charge is 2.31. The van der Waals surface area contributed by atoms with Gasteiger partial charge in [-0.25, -0.2) is 4.98 Å². The quantitative estimate of drug-likeness (QED) is 0.714. The molecule has 4 heterocycles. The number of hydrogen-bond acceptors (Lipinski definition) is 6. The Kier molecular flexibility index (Phi) is 4.88. The van der Waals surface area contributed by atoms with Gasteiger partial charge in [-0.2, -0.15) is 5.10 Å². The number of rotatable bonds is 6. The third kappa shape index (κ3) is 3.70. The molecule has 0 spiro atoms. The summed E-state index contributed by atoms with van der Waals surface area (Å²) in [7, 11) is 1.61. The minimum absolute atomic E-state index is 0.0841. The van der Waals surface area contributed by atoms with Crippen molar-refractivity contribution in [1.29, 1.82) is 0 Å². The Morgan fingerprint density at radius 3 is 3.07 bits per heavy atom. The van der Waals surface area contributed by atoms with Crippen molar-refractivity contribution in [3.63, 3.8) is 0 Å². The van der Waals surface area contributed by atoms with Gasteiger partial charge in [0, 0.05) is 37.6 Å². The lowest BCUT2D eigenvalue weighted by Crippen LogP contribution is -2.44. The van der Waals surface area contributed by atoms with E-state index in [9.17, 15) is 4.79 Å². The Morgan fingerprint density at radius 2 is 2.26 bits per heavy atom. The first-order chi connectivity index (χ1) is 13.2. The lowest BCUT2D eigenvalue weighted by molar-refractivity contribution is -0.126. The number of carbonyl (C=O) groups excluding carboxylic acids is 1. The van der Waals surface area contributed by atoms with Crippen LogP contribution in [0.25, 0.3) is 0 Å². The molecule has 1 aliphatic rings. The molecule has 0 saturated carbocycles. The molecule has 3 aromatic heterocycles. The minimum atomic E-state index is -0.402. The number of nitrogens with one attached hydrogen (secondary N) is 1. The molecule has 8 nitrogen and oxygen atoms in total. The normalized spacial score (nSPS) is 16.7. The number of amides is 1. The van der Waals surface area contributed by atoms with E-state index in [0.29, 0.717) is 32.1 Å². The Bertz CT molecular complexity index is 906. The lowest BCUT2D eigenvalue weighted by Gasteiger charge is -2.33. The molecular weight excluding hydrogens is 346 g/mol. The van der Waals surface area contributed by atoms with Crippen LogP contribution in [-0.2, 0) is 24.4 Å². The zero-order valence-corrected chi connectivity index (χ0v) is 15.0. The summed E-state index contributed by atoms with van der Waals surface area (Å²) in [6.45, 7) is 2.26. The van der Waals surface area contributed by atoms with Crippen molar-refractivity contribution < 1.29 is 13.9 Å². The number of methoxy groups -OCH3 is 1. The summed E-state index contributed by atoms with van der Waals surface area (Å²) in [6, 6.07) is 9.06. The third-order valence-electron chi connectivity index (χ3n) is 4.62. The molecule has 1 unspecified atom stereocenters. The molecule has 1 aliphatic heterocycles. The van der Waals surface area contributed by atoms with Gasteiger partial charge in [0.1, 0.15) is 11.8 Å². The van der Waals surface area contributed by atoms with Crippen LogP contribution in [0.3, 0.4) is 0 Å². The number of pyridine rings is 1. The van der Waals surface area contributed by atoms with Crippen molar-refractivity contribution in [2.75, 3.05) is 13.7 Å². The second kappa shape index (κ2) is 7.63. The number of aromatic nitrogens is 3. The van der Waals surface area contributed by atoms with Crippen LogP contribution in [0.4, 0.5) is 0 Å². The monoisotopic (exact) mass is 367 g/mol. The highest BCUT2D eigenvalue weighted by Crippen LogP contribution is 2.24. The molecule has 0 radical (unpaired) electrons. The predicted molar refractivity (Wildman–Crippen MR) is 96.7 cm³/mol. The Morgan fingerprint density at radius 1 is 1.33 bits per heavy atom. The van der Waals surface area contributed by atoms with E-state index in [2.05, 4.69) is 20.3 Å². The van der Waals surface area contributed by atoms with Gasteiger partial charge in [-0.15, -0.1) is 0 Å². The largest absolute Gasteiger partial charge is 0.481 e. The molecule has 1 amide bonds. The van der Waals surface area contributed by atoms with Crippen LogP contribution in [-0.4, -0.2) is 39.2 Å². The highest BCUT2D eigenvalue weighted by molar-refractivity contribution is 5.80. The summed E-state index contributed by atoms with van der Waals surface area (Å²) >= 11 is 0. The molecule has 1 N–H and O–H groups in total. The number of ether oxygens (including phenoxy) is 1. The number of carbonyl (C=O) groups is 1. The zero-order valence-electron chi connectivity index (χ0n) is 15.0. The fourth-order valence-corrected chi connectivity index (χ4v) is 3.35. The minimum Gasteiger partial charge on any atom is -0.481 e. The number of fused-ring (bicyclic) bond motifs is 1. The number of furan rings is 1. The average molecular weight is 367 g/mol. The summed E-state index contributed by atoms with van der Waals surface area (Å²) in [5, 5.41) is 7.28. The SMILES string of the molecule is COc1ncccc1CN1Cc2ccnn2C(C(=O)NCc2ccco2)C1. The van der Waals surface area contributed by atoms with Crippen LogP contribution < -0.4 is 10.1 Å². The van der Waals surface area contributed by atoms with Crippen LogP contribution in [0.1, 0.15) is 23.1 Å². The summed E-state index contributed by atoms with van der Waals surface area (Å²) < 4.78 is 12.4. The lowest BCUT2D eigenvalue weighted by atomic mass is 10.1. The first-order valence-corrected chi connectivity index (χ1v) is 8.77. The number of hydrogen-bond donors (Lipinski definition) is 1. The molecular formula is C19H21N5O3. The van der Waals surface area contributed by atoms with Crippen molar-refractivity contribution in [3.8, 4) is 5.88 Å². The number of nitrogens with zero attached hydrogens (tertiary/aromatic N) is 4. The van der Waals surface area contributed by atoms with Gasteiger partial charge in [-0.05, 0) is 24.3 Å². The topological polar surface area (TPSA) is 85.4 Å². The fourth-order valence-electron chi connectivity index (χ4n) is 3.35. The third-order valence-corrected chi connectivity index (χ3v) is 4.62. The van der Waals surface area contributed by atoms with E-state index in [1.807, 2.05) is 24.3 Å². The van der Waals surface area contributed by atoms with Crippen molar-refractivity contribution in [2.24, 2.45) is 0 Å². The molecule has 0 bridgehead atoms. The molecule has 0 aromatic carbocycles. The summed E-state index contributed by atoms with van der Waals surface area (Å²) in [5.74, 6) is 1.24. The van der Waals surface area contributed by atoms with E-state index in [0.717, 1.165) is 17.0 Å². The van der Waals surface area contributed by atoms with Gasteiger partial charge in [0.05, 0.1) is 25.6 Å². The molecule has 1 atom stereocenters. The van der Waals surface area contributed by atoms with E-state index in [4.69, 9.17) is 9.15 Å². The van der Waals surface area contributed by atoms with E-state index in [1.54, 1.807) is 36.5 Å². The molecule has 4 rings (SSSR count). The molecule has 140 valence electrons. The van der Waals surface area contributed by atoms with Crippen molar-refractivity contribution in [2.45, 2.75) is 25.7 Å². The molecule has 0 fully saturated rings. The van der Waals surface area contributed by atoms with Crippen molar-refractivity contribution >= 4 is 5.91 Å². The standard InChI is InChI=1S/C19H21N5O3/c1-26-19-14(4-2-7-20-19)11-23-12-15-6-8-22-24(15)17(13-23)18(25)21-10-16-5-3-9-27-16/h2-9,17H,10-13H2,1H3,(H,21,25). The van der Waals surface area contributed by atoms with E-state index in [1.165, 1.54) is 0 Å². The first kappa shape index (κ1) is 17.3. The Labute approximate surface area is 156 Å². The fraction of sp³-hybridized carbons (Fsp3) is 0.316. The van der Waals surface area contributed by atoms with Gasteiger partial charge < -0.3 is 14.5 Å². The Balaban J connectivity index is 1.49. The van der Waals surface area contributed by atoms with Gasteiger partial charge in [0.25, 0.3) is 0 Å². The first-order valence-electron chi connectivity index (χ1n) is 8.77. The Hall–Kier alpha value is -3.13. The summed E-state index contributed by atoms with van der Waals surface area (Å²) in [4.78, 5) is 19.3. The van der Waals surface area contributed by atoms with Gasteiger partial charge in [-0.1, -0.05) is 6.07 Å². The maximum Gasteiger partial charge on any atom is 0.246 e. The second-order valence-electron chi connectivity index (χ2n) is 6.42. The van der Waals surface area contributed by atoms with Gasteiger partial charge >= 0.3 is 0 Å². The average Bonchev–Trinajstić information content (AvgIpc) is 3.37. The maximum absolute atomic E-state index is 12.8. The van der Waals surface area contributed by atoms with Crippen LogP contribution in [0.15, 0.2) is 53.4 Å². The van der Waals surface area contributed by atoms with Crippen molar-refractivity contribution in [3.05, 3.63) is 66.0 Å². The van der Waals surface area contributed by atoms with Crippen LogP contribution in [0.5, 0.6) is 5.88 Å². The molecule has 0 aliphatic carbocycles. The van der Waals surface area contributed by atoms with Gasteiger partial charge in [-0.3, -0.25) is 14.4 Å². The molecule has 3 aromatic rings. The van der Waals surface area contributed by atoms with Crippen LogP contribution >= 0.6 is 0 Å². The zero-order chi connectivity index (χ0) is 18.6. The second-order valence-corrected chi connectivity index (χ2v) is 6.42. The summed E-state index contributed by atoms with van der Waals surface area (Å²) in [6.07, 6.45) is 5.03. The smallest absolute Gasteiger partial charge is 0.246 e. The van der Waals surface area contributed by atoms with Gasteiger partial charge in [0.15, 0.2) is 0 Å². The highest BCUT2D eigenvalue weighted by atomic mass is 16.5. The van der Waals surface area contributed by atoms with E-state index < -0.39 is 6.04 Å². The van der Waals surface area contributed by atoms with Crippen LogP contribution in [0, 0.1) is 0 Å².